The molecule has 0 radical (unpaired) electrons. The summed E-state index contributed by atoms with van der Waals surface area (Å²) in [5, 5.41) is 9.59. The number of hydrogen-bond acceptors (Lipinski definition) is 3. The van der Waals surface area contributed by atoms with E-state index in [2.05, 4.69) is 18.7 Å². The molecule has 0 saturated carbocycles. The molecule has 0 N–H and O–H groups in total. The fraction of sp³-hybridized carbons (Fsp3) is 1.00. The lowest BCUT2D eigenvalue weighted by atomic mass is 10.0. The molecule has 15 heavy (non-hydrogen) atoms. The summed E-state index contributed by atoms with van der Waals surface area (Å²) in [4.78, 5) is 14.9. The van der Waals surface area contributed by atoms with Gasteiger partial charge in [0.05, 0.1) is 0 Å². The molecule has 4 heteroatoms. The lowest BCUT2D eigenvalue weighted by Crippen LogP contribution is -2.17. The smallest absolute Gasteiger partial charge is 0.294 e. The average molecular weight is 217 g/mol. The molecule has 0 spiro atoms. The highest BCUT2D eigenvalue weighted by atomic mass is 17.0. The van der Waals surface area contributed by atoms with Gasteiger partial charge in [-0.2, -0.15) is 0 Å². The van der Waals surface area contributed by atoms with E-state index in [1.807, 2.05) is 0 Å². The average Bonchev–Trinajstić information content (AvgIpc) is 2.19. The quantitative estimate of drug-likeness (QED) is 0.318. The SMILES string of the molecule is CCCCCCC(CCCC)O[N+](=O)[O-]. The molecule has 0 aromatic heterocycles. The first-order valence-corrected chi connectivity index (χ1v) is 6.01. The van der Waals surface area contributed by atoms with Crippen molar-refractivity contribution in [3.05, 3.63) is 10.1 Å². The van der Waals surface area contributed by atoms with Crippen molar-refractivity contribution in [1.82, 2.24) is 0 Å². The van der Waals surface area contributed by atoms with Gasteiger partial charge in [0.25, 0.3) is 5.09 Å². The molecule has 0 bridgehead atoms. The first-order valence-electron chi connectivity index (χ1n) is 6.01. The number of unbranched alkanes of at least 4 members (excludes halogenated alkanes) is 4. The Balaban J connectivity index is 3.64. The van der Waals surface area contributed by atoms with Gasteiger partial charge in [0.15, 0.2) is 0 Å². The summed E-state index contributed by atoms with van der Waals surface area (Å²) in [5.74, 6) is 0. The summed E-state index contributed by atoms with van der Waals surface area (Å²) in [5.41, 5.74) is 0. The lowest BCUT2D eigenvalue weighted by molar-refractivity contribution is -0.769. The first-order chi connectivity index (χ1) is 7.20. The molecule has 0 aliphatic heterocycles. The zero-order valence-corrected chi connectivity index (χ0v) is 9.91. The second-order valence-electron chi connectivity index (χ2n) is 3.94. The van der Waals surface area contributed by atoms with Gasteiger partial charge in [-0.05, 0) is 12.8 Å². The van der Waals surface area contributed by atoms with E-state index >= 15 is 0 Å². The molecule has 0 aromatic carbocycles. The van der Waals surface area contributed by atoms with Crippen LogP contribution >= 0.6 is 0 Å². The minimum atomic E-state index is -0.653. The van der Waals surface area contributed by atoms with Crippen LogP contribution in [0, 0.1) is 10.1 Å². The van der Waals surface area contributed by atoms with Crippen LogP contribution in [0.25, 0.3) is 0 Å². The zero-order valence-electron chi connectivity index (χ0n) is 9.91. The molecule has 4 nitrogen and oxygen atoms in total. The van der Waals surface area contributed by atoms with Crippen LogP contribution in [0.3, 0.4) is 0 Å². The van der Waals surface area contributed by atoms with Gasteiger partial charge in [0.2, 0.25) is 0 Å². The molecule has 90 valence electrons. The topological polar surface area (TPSA) is 52.4 Å². The van der Waals surface area contributed by atoms with Gasteiger partial charge in [0.1, 0.15) is 6.10 Å². The van der Waals surface area contributed by atoms with Gasteiger partial charge < -0.3 is 4.84 Å². The van der Waals surface area contributed by atoms with E-state index < -0.39 is 5.09 Å². The molecule has 0 heterocycles. The van der Waals surface area contributed by atoms with Gasteiger partial charge in [-0.15, -0.1) is 10.1 Å². The first kappa shape index (κ1) is 14.2. The second kappa shape index (κ2) is 9.74. The summed E-state index contributed by atoms with van der Waals surface area (Å²) < 4.78 is 0. The highest BCUT2D eigenvalue weighted by Gasteiger charge is 2.11. The molecule has 0 aliphatic carbocycles. The van der Waals surface area contributed by atoms with E-state index in [1.165, 1.54) is 12.8 Å². The lowest BCUT2D eigenvalue weighted by Gasteiger charge is -2.13. The predicted octanol–water partition coefficient (Wildman–Crippen LogP) is 3.72. The van der Waals surface area contributed by atoms with Gasteiger partial charge in [-0.1, -0.05) is 52.4 Å². The molecule has 1 atom stereocenters. The van der Waals surface area contributed by atoms with E-state index in [0.717, 1.165) is 38.5 Å². The Kier molecular flexibility index (Phi) is 9.22. The van der Waals surface area contributed by atoms with Crippen LogP contribution in [0.4, 0.5) is 0 Å². The summed E-state index contributed by atoms with van der Waals surface area (Å²) in [7, 11) is 0. The largest absolute Gasteiger partial charge is 0.311 e. The standard InChI is InChI=1S/C11H23NO3/c1-3-5-7-8-10-11(9-6-4-2)15-12(13)14/h11H,3-10H2,1-2H3. The zero-order chi connectivity index (χ0) is 11.5. The maximum absolute atomic E-state index is 10.2. The van der Waals surface area contributed by atoms with Crippen molar-refractivity contribution < 1.29 is 9.92 Å². The number of rotatable bonds is 10. The molecule has 0 fully saturated rings. The van der Waals surface area contributed by atoms with Crippen LogP contribution in [0.2, 0.25) is 0 Å². The maximum Gasteiger partial charge on any atom is 0.294 e. The van der Waals surface area contributed by atoms with Crippen molar-refractivity contribution >= 4 is 0 Å². The van der Waals surface area contributed by atoms with E-state index in [1.54, 1.807) is 0 Å². The minimum Gasteiger partial charge on any atom is -0.311 e. The highest BCUT2D eigenvalue weighted by Crippen LogP contribution is 2.13. The van der Waals surface area contributed by atoms with Crippen LogP contribution in [0.15, 0.2) is 0 Å². The fourth-order valence-electron chi connectivity index (χ4n) is 1.60. The molecular weight excluding hydrogens is 194 g/mol. The molecule has 0 amide bonds. The van der Waals surface area contributed by atoms with Gasteiger partial charge in [-0.25, -0.2) is 0 Å². The molecule has 0 aromatic rings. The van der Waals surface area contributed by atoms with Crippen molar-refractivity contribution in [1.29, 1.82) is 0 Å². The maximum atomic E-state index is 10.2. The van der Waals surface area contributed by atoms with E-state index in [0.29, 0.717) is 0 Å². The van der Waals surface area contributed by atoms with Crippen LogP contribution < -0.4 is 0 Å². The van der Waals surface area contributed by atoms with Crippen LogP contribution in [-0.4, -0.2) is 11.2 Å². The summed E-state index contributed by atoms with van der Waals surface area (Å²) >= 11 is 0. The van der Waals surface area contributed by atoms with Crippen molar-refractivity contribution in [3.63, 3.8) is 0 Å². The molecule has 0 saturated heterocycles. The number of hydrogen-bond donors (Lipinski definition) is 0. The summed E-state index contributed by atoms with van der Waals surface area (Å²) in [6.07, 6.45) is 8.10. The highest BCUT2D eigenvalue weighted by molar-refractivity contribution is 4.57. The van der Waals surface area contributed by atoms with Gasteiger partial charge >= 0.3 is 0 Å². The third-order valence-electron chi connectivity index (χ3n) is 2.49. The Morgan fingerprint density at radius 3 is 2.20 bits per heavy atom. The van der Waals surface area contributed by atoms with E-state index in [-0.39, 0.29) is 6.10 Å². The monoisotopic (exact) mass is 217 g/mol. The predicted molar refractivity (Wildman–Crippen MR) is 60.2 cm³/mol. The van der Waals surface area contributed by atoms with Crippen LogP contribution in [0.1, 0.15) is 65.2 Å². The van der Waals surface area contributed by atoms with Crippen molar-refractivity contribution in [3.8, 4) is 0 Å². The molecule has 0 aliphatic rings. The molecule has 1 unspecified atom stereocenters. The van der Waals surface area contributed by atoms with Crippen LogP contribution in [0.5, 0.6) is 0 Å². The molecular formula is C11H23NO3. The normalized spacial score (nSPS) is 12.4. The molecule has 0 rings (SSSR count). The van der Waals surface area contributed by atoms with Crippen molar-refractivity contribution in [2.75, 3.05) is 0 Å². The van der Waals surface area contributed by atoms with Crippen molar-refractivity contribution in [2.24, 2.45) is 0 Å². The Hall–Kier alpha value is -0.800. The van der Waals surface area contributed by atoms with E-state index in [9.17, 15) is 10.1 Å². The van der Waals surface area contributed by atoms with Crippen LogP contribution in [-0.2, 0) is 4.84 Å². The summed E-state index contributed by atoms with van der Waals surface area (Å²) in [6.45, 7) is 4.24. The Bertz CT molecular complexity index is 162. The Morgan fingerprint density at radius 2 is 1.67 bits per heavy atom. The van der Waals surface area contributed by atoms with Gasteiger partial charge in [0, 0.05) is 0 Å². The third kappa shape index (κ3) is 9.50. The second-order valence-corrected chi connectivity index (χ2v) is 3.94. The van der Waals surface area contributed by atoms with E-state index in [4.69, 9.17) is 0 Å². The van der Waals surface area contributed by atoms with Crippen molar-refractivity contribution in [2.45, 2.75) is 71.3 Å². The van der Waals surface area contributed by atoms with Gasteiger partial charge in [-0.3, -0.25) is 0 Å². The third-order valence-corrected chi connectivity index (χ3v) is 2.49. The number of nitrogens with zero attached hydrogens (tertiary/aromatic N) is 1. The summed E-state index contributed by atoms with van der Waals surface area (Å²) in [6, 6.07) is 0. The fourth-order valence-corrected chi connectivity index (χ4v) is 1.60. The Labute approximate surface area is 92.1 Å². The Morgan fingerprint density at radius 1 is 1.07 bits per heavy atom. The minimum absolute atomic E-state index is 0.184.